The molecule has 0 aliphatic rings. The van der Waals surface area contributed by atoms with Gasteiger partial charge >= 0.3 is 0 Å². The Kier molecular flexibility index (Phi) is 6.70. The maximum absolute atomic E-state index is 13.5. The minimum absolute atomic E-state index is 0.0323. The molecule has 0 aliphatic carbocycles. The van der Waals surface area contributed by atoms with E-state index in [1.807, 2.05) is 60.7 Å². The van der Waals surface area contributed by atoms with Crippen LogP contribution in [0.1, 0.15) is 17.0 Å². The maximum atomic E-state index is 13.5. The Labute approximate surface area is 218 Å². The van der Waals surface area contributed by atoms with Gasteiger partial charge in [0.25, 0.3) is 5.56 Å². The molecule has 8 nitrogen and oxygen atoms in total. The van der Waals surface area contributed by atoms with Crippen molar-refractivity contribution in [3.8, 4) is 17.5 Å². The molecule has 0 fully saturated rings. The molecule has 0 amide bonds. The number of benzene rings is 3. The van der Waals surface area contributed by atoms with E-state index in [0.717, 1.165) is 5.56 Å². The van der Waals surface area contributed by atoms with Crippen molar-refractivity contribution in [3.63, 3.8) is 0 Å². The molecule has 9 heteroatoms. The van der Waals surface area contributed by atoms with Gasteiger partial charge in [-0.05, 0) is 36.4 Å². The molecular weight excluding hydrogens is 486 g/mol. The first kappa shape index (κ1) is 23.9. The lowest BCUT2D eigenvalue weighted by atomic mass is 10.2. The molecule has 0 radical (unpaired) electrons. The Morgan fingerprint density at radius 2 is 1.59 bits per heavy atom. The molecule has 0 atom stereocenters. The molecule has 3 aromatic carbocycles. The van der Waals surface area contributed by atoms with Gasteiger partial charge in [0, 0.05) is 18.5 Å². The predicted octanol–water partition coefficient (Wildman–Crippen LogP) is 4.05. The second kappa shape index (κ2) is 10.4. The molecule has 5 aromatic rings. The van der Waals surface area contributed by atoms with Gasteiger partial charge in [0.15, 0.2) is 0 Å². The number of nitrogens with zero attached hydrogens (tertiary/aromatic N) is 4. The highest BCUT2D eigenvalue weighted by Gasteiger charge is 2.16. The first-order valence-corrected chi connectivity index (χ1v) is 11.9. The van der Waals surface area contributed by atoms with E-state index in [0.29, 0.717) is 51.8 Å². The minimum atomic E-state index is -0.234. The third-order valence-corrected chi connectivity index (χ3v) is 5.95. The van der Waals surface area contributed by atoms with E-state index in [4.69, 9.17) is 28.1 Å². The number of nitrogens with one attached hydrogen (secondary N) is 1. The lowest BCUT2D eigenvalue weighted by Crippen LogP contribution is -2.25. The van der Waals surface area contributed by atoms with Crippen molar-refractivity contribution in [2.75, 3.05) is 23.3 Å². The molecule has 182 valence electrons. The SMILES string of the molecule is Nc1nc(N)c(C#Cc2ccccc2)c(NCCc2nc3cccc(Cl)c3c(=O)n2-c2ccccc2)n1. The van der Waals surface area contributed by atoms with Gasteiger partial charge in [-0.2, -0.15) is 9.97 Å². The lowest BCUT2D eigenvalue weighted by molar-refractivity contribution is 0.809. The summed E-state index contributed by atoms with van der Waals surface area (Å²) in [7, 11) is 0. The first-order valence-electron chi connectivity index (χ1n) is 11.5. The van der Waals surface area contributed by atoms with Crippen LogP contribution in [0.5, 0.6) is 0 Å². The van der Waals surface area contributed by atoms with Gasteiger partial charge in [-0.1, -0.05) is 65.9 Å². The number of anilines is 3. The van der Waals surface area contributed by atoms with E-state index in [1.54, 1.807) is 22.8 Å². The molecule has 0 unspecified atom stereocenters. The van der Waals surface area contributed by atoms with Gasteiger partial charge in [0.05, 0.1) is 21.6 Å². The normalized spacial score (nSPS) is 10.6. The number of hydrogen-bond acceptors (Lipinski definition) is 7. The quantitative estimate of drug-likeness (QED) is 0.306. The van der Waals surface area contributed by atoms with Crippen molar-refractivity contribution in [1.29, 1.82) is 0 Å². The van der Waals surface area contributed by atoms with Gasteiger partial charge in [-0.25, -0.2) is 4.98 Å². The summed E-state index contributed by atoms with van der Waals surface area (Å²) in [5.41, 5.74) is 14.2. The van der Waals surface area contributed by atoms with Crippen LogP contribution in [-0.2, 0) is 6.42 Å². The van der Waals surface area contributed by atoms with E-state index in [2.05, 4.69) is 27.1 Å². The molecule has 0 aliphatic heterocycles. The summed E-state index contributed by atoms with van der Waals surface area (Å²) in [5.74, 6) is 7.30. The zero-order chi connectivity index (χ0) is 25.8. The fraction of sp³-hybridized carbons (Fsp3) is 0.0714. The number of rotatable bonds is 5. The monoisotopic (exact) mass is 507 g/mol. The van der Waals surface area contributed by atoms with Crippen LogP contribution in [0.25, 0.3) is 16.6 Å². The van der Waals surface area contributed by atoms with E-state index in [1.165, 1.54) is 0 Å². The maximum Gasteiger partial charge on any atom is 0.267 e. The van der Waals surface area contributed by atoms with Crippen LogP contribution < -0.4 is 22.3 Å². The fourth-order valence-corrected chi connectivity index (χ4v) is 4.19. The molecule has 0 bridgehead atoms. The Bertz CT molecular complexity index is 1710. The lowest BCUT2D eigenvalue weighted by Gasteiger charge is -2.15. The zero-order valence-corrected chi connectivity index (χ0v) is 20.4. The fourth-order valence-electron chi connectivity index (χ4n) is 3.94. The summed E-state index contributed by atoms with van der Waals surface area (Å²) in [6.45, 7) is 0.376. The van der Waals surface area contributed by atoms with Crippen LogP contribution in [0, 0.1) is 11.8 Å². The highest BCUT2D eigenvalue weighted by atomic mass is 35.5. The molecule has 2 heterocycles. The average Bonchev–Trinajstić information content (AvgIpc) is 2.89. The van der Waals surface area contributed by atoms with Crippen molar-refractivity contribution in [2.45, 2.75) is 6.42 Å². The number of nitrogen functional groups attached to an aromatic ring is 2. The van der Waals surface area contributed by atoms with E-state index >= 15 is 0 Å². The largest absolute Gasteiger partial charge is 0.382 e. The number of nitrogens with two attached hydrogens (primary N) is 2. The predicted molar refractivity (Wildman–Crippen MR) is 148 cm³/mol. The van der Waals surface area contributed by atoms with Gasteiger partial charge in [-0.15, -0.1) is 0 Å². The topological polar surface area (TPSA) is 125 Å². The van der Waals surface area contributed by atoms with E-state index < -0.39 is 0 Å². The van der Waals surface area contributed by atoms with Gasteiger partial charge < -0.3 is 16.8 Å². The van der Waals surface area contributed by atoms with Crippen molar-refractivity contribution in [2.24, 2.45) is 0 Å². The van der Waals surface area contributed by atoms with Gasteiger partial charge in [-0.3, -0.25) is 9.36 Å². The zero-order valence-electron chi connectivity index (χ0n) is 19.6. The summed E-state index contributed by atoms with van der Waals surface area (Å²) >= 11 is 6.36. The van der Waals surface area contributed by atoms with Crippen LogP contribution in [0.3, 0.4) is 0 Å². The van der Waals surface area contributed by atoms with Crippen molar-refractivity contribution in [1.82, 2.24) is 19.5 Å². The summed E-state index contributed by atoms with van der Waals surface area (Å²) in [6, 6.07) is 24.1. The summed E-state index contributed by atoms with van der Waals surface area (Å²) in [6.07, 6.45) is 0.391. The van der Waals surface area contributed by atoms with Crippen molar-refractivity contribution in [3.05, 3.63) is 111 Å². The van der Waals surface area contributed by atoms with Crippen LogP contribution in [0.4, 0.5) is 17.6 Å². The Hall–Kier alpha value is -4.87. The second-order valence-corrected chi connectivity index (χ2v) is 8.53. The average molecular weight is 508 g/mol. The molecule has 2 aromatic heterocycles. The Balaban J connectivity index is 1.49. The molecule has 0 saturated carbocycles. The van der Waals surface area contributed by atoms with Gasteiger partial charge in [0.1, 0.15) is 23.0 Å². The van der Waals surface area contributed by atoms with Crippen molar-refractivity contribution < 1.29 is 0 Å². The number of halogens is 1. The van der Waals surface area contributed by atoms with Crippen LogP contribution >= 0.6 is 11.6 Å². The smallest absolute Gasteiger partial charge is 0.267 e. The first-order chi connectivity index (χ1) is 18.0. The highest BCUT2D eigenvalue weighted by molar-refractivity contribution is 6.35. The molecule has 0 saturated heterocycles. The standard InChI is InChI=1S/C28H22ClN7O/c29-21-12-7-13-22-24(21)27(37)36(19-10-5-2-6-11-19)23(33-22)16-17-32-26-20(25(30)34-28(31)35-26)15-14-18-8-3-1-4-9-18/h1-13H,16-17H2,(H5,30,31,32,34,35). The number of aromatic nitrogens is 4. The minimum Gasteiger partial charge on any atom is -0.382 e. The summed E-state index contributed by atoms with van der Waals surface area (Å²) < 4.78 is 1.58. The van der Waals surface area contributed by atoms with Crippen molar-refractivity contribution >= 4 is 40.1 Å². The number of hydrogen-bond donors (Lipinski definition) is 3. The number of fused-ring (bicyclic) bond motifs is 1. The van der Waals surface area contributed by atoms with Crippen LogP contribution in [0.2, 0.25) is 5.02 Å². The number of para-hydroxylation sites is 1. The molecule has 5 rings (SSSR count). The van der Waals surface area contributed by atoms with E-state index in [9.17, 15) is 4.79 Å². The summed E-state index contributed by atoms with van der Waals surface area (Å²) in [5, 5.41) is 3.98. The highest BCUT2D eigenvalue weighted by Crippen LogP contribution is 2.22. The third-order valence-electron chi connectivity index (χ3n) is 5.63. The van der Waals surface area contributed by atoms with E-state index in [-0.39, 0.29) is 17.3 Å². The molecular formula is C28H22ClN7O. The Morgan fingerprint density at radius 3 is 2.35 bits per heavy atom. The van der Waals surface area contributed by atoms with Gasteiger partial charge in [0.2, 0.25) is 5.95 Å². The third kappa shape index (κ3) is 5.08. The summed E-state index contributed by atoms with van der Waals surface area (Å²) in [4.78, 5) is 26.6. The molecule has 0 spiro atoms. The Morgan fingerprint density at radius 1 is 0.865 bits per heavy atom. The molecule has 37 heavy (non-hydrogen) atoms. The second-order valence-electron chi connectivity index (χ2n) is 8.12. The van der Waals surface area contributed by atoms with Crippen LogP contribution in [0.15, 0.2) is 83.7 Å². The molecule has 5 N–H and O–H groups in total. The van der Waals surface area contributed by atoms with Crippen LogP contribution in [-0.4, -0.2) is 26.1 Å².